The Balaban J connectivity index is 1.54. The number of amides is 2. The molecule has 0 bridgehead atoms. The summed E-state index contributed by atoms with van der Waals surface area (Å²) in [5.74, 6) is -0.927. The largest absolute Gasteiger partial charge is 0.452 e. The Kier molecular flexibility index (Phi) is 8.90. The van der Waals surface area contributed by atoms with Crippen LogP contribution in [0.3, 0.4) is 0 Å². The zero-order valence-corrected chi connectivity index (χ0v) is 19.4. The van der Waals surface area contributed by atoms with Crippen molar-refractivity contribution < 1.29 is 19.1 Å². The number of carbonyl (C=O) groups excluding carboxylic acids is 3. The molecule has 172 valence electrons. The Morgan fingerprint density at radius 2 is 1.79 bits per heavy atom. The highest BCUT2D eigenvalue weighted by molar-refractivity contribution is 8.00. The lowest BCUT2D eigenvalue weighted by molar-refractivity contribution is -0.129. The fraction of sp³-hybridized carbons (Fsp3) is 0.360. The van der Waals surface area contributed by atoms with Gasteiger partial charge in [0.15, 0.2) is 6.61 Å². The molecule has 7 nitrogen and oxygen atoms in total. The molecule has 0 saturated heterocycles. The third-order valence-corrected chi connectivity index (χ3v) is 6.69. The van der Waals surface area contributed by atoms with Crippen molar-refractivity contribution in [2.24, 2.45) is 0 Å². The highest BCUT2D eigenvalue weighted by Crippen LogP contribution is 2.26. The summed E-state index contributed by atoms with van der Waals surface area (Å²) < 4.78 is 5.18. The molecule has 1 fully saturated rings. The van der Waals surface area contributed by atoms with Gasteiger partial charge in [0.25, 0.3) is 5.91 Å². The van der Waals surface area contributed by atoms with Crippen molar-refractivity contribution in [1.82, 2.24) is 4.90 Å². The second-order valence-corrected chi connectivity index (χ2v) is 8.88. The summed E-state index contributed by atoms with van der Waals surface area (Å²) in [4.78, 5) is 39.9. The molecule has 2 aromatic carbocycles. The van der Waals surface area contributed by atoms with Crippen LogP contribution in [0, 0.1) is 11.3 Å². The molecule has 1 aliphatic carbocycles. The van der Waals surface area contributed by atoms with E-state index in [1.54, 1.807) is 48.5 Å². The number of hydrogen-bond donors (Lipinski definition) is 1. The van der Waals surface area contributed by atoms with E-state index in [0.717, 1.165) is 25.7 Å². The Morgan fingerprint density at radius 1 is 1.09 bits per heavy atom. The summed E-state index contributed by atoms with van der Waals surface area (Å²) in [6, 6.07) is 15.7. The van der Waals surface area contributed by atoms with Crippen molar-refractivity contribution in [2.45, 2.75) is 43.0 Å². The fourth-order valence-corrected chi connectivity index (χ4v) is 4.72. The number of nitriles is 1. The van der Waals surface area contributed by atoms with E-state index < -0.39 is 18.5 Å². The maximum Gasteiger partial charge on any atom is 0.339 e. The van der Waals surface area contributed by atoms with Crippen LogP contribution in [-0.4, -0.2) is 48.1 Å². The molecule has 0 aliphatic heterocycles. The zero-order chi connectivity index (χ0) is 23.6. The third kappa shape index (κ3) is 6.83. The summed E-state index contributed by atoms with van der Waals surface area (Å²) in [6.07, 6.45) is 5.61. The number of ether oxygens (including phenoxy) is 1. The average Bonchev–Trinajstić information content (AvgIpc) is 2.86. The number of para-hydroxylation sites is 1. The van der Waals surface area contributed by atoms with Gasteiger partial charge < -0.3 is 15.0 Å². The van der Waals surface area contributed by atoms with Crippen molar-refractivity contribution in [1.29, 1.82) is 5.26 Å². The van der Waals surface area contributed by atoms with Crippen LogP contribution >= 0.6 is 11.8 Å². The number of nitrogens with one attached hydrogen (secondary N) is 1. The second-order valence-electron chi connectivity index (χ2n) is 7.86. The quantitative estimate of drug-likeness (QED) is 0.462. The van der Waals surface area contributed by atoms with E-state index in [1.165, 1.54) is 18.2 Å². The third-order valence-electron chi connectivity index (χ3n) is 5.63. The smallest absolute Gasteiger partial charge is 0.339 e. The summed E-state index contributed by atoms with van der Waals surface area (Å²) in [5.41, 5.74) is 0.986. The minimum atomic E-state index is -0.644. The van der Waals surface area contributed by atoms with Crippen LogP contribution in [0.25, 0.3) is 0 Å². The molecule has 0 unspecified atom stereocenters. The topological polar surface area (TPSA) is 99.5 Å². The maximum atomic E-state index is 12.7. The number of thioether (sulfide) groups is 1. The van der Waals surface area contributed by atoms with Gasteiger partial charge in [-0.1, -0.05) is 43.5 Å². The van der Waals surface area contributed by atoms with Gasteiger partial charge in [0.1, 0.15) is 6.07 Å². The van der Waals surface area contributed by atoms with Gasteiger partial charge in [0.05, 0.1) is 22.6 Å². The molecule has 33 heavy (non-hydrogen) atoms. The lowest BCUT2D eigenvalue weighted by atomic mass is 9.94. The minimum Gasteiger partial charge on any atom is -0.452 e. The van der Waals surface area contributed by atoms with Crippen molar-refractivity contribution in [3.05, 3.63) is 59.7 Å². The predicted molar refractivity (Wildman–Crippen MR) is 127 cm³/mol. The van der Waals surface area contributed by atoms with E-state index in [9.17, 15) is 14.4 Å². The molecule has 8 heteroatoms. The van der Waals surface area contributed by atoms with Gasteiger partial charge in [-0.2, -0.15) is 5.26 Å². The van der Waals surface area contributed by atoms with Crippen LogP contribution in [0.5, 0.6) is 0 Å². The van der Waals surface area contributed by atoms with E-state index >= 15 is 0 Å². The Hall–Kier alpha value is -3.31. The average molecular weight is 466 g/mol. The first-order chi connectivity index (χ1) is 16.0. The molecule has 2 aromatic rings. The van der Waals surface area contributed by atoms with Crippen molar-refractivity contribution in [2.75, 3.05) is 24.7 Å². The fourth-order valence-electron chi connectivity index (χ4n) is 3.76. The SMILES string of the molecule is CN(C(=O)CSc1ccccc1C(=O)OCC(=O)Nc1ccccc1C#N)C1CCCCC1. The van der Waals surface area contributed by atoms with Gasteiger partial charge in [-0.3, -0.25) is 9.59 Å². The van der Waals surface area contributed by atoms with Crippen molar-refractivity contribution >= 4 is 35.2 Å². The minimum absolute atomic E-state index is 0.0330. The number of benzene rings is 2. The molecule has 0 heterocycles. The van der Waals surface area contributed by atoms with Gasteiger partial charge in [-0.15, -0.1) is 11.8 Å². The zero-order valence-electron chi connectivity index (χ0n) is 18.6. The van der Waals surface area contributed by atoms with Gasteiger partial charge >= 0.3 is 5.97 Å². The summed E-state index contributed by atoms with van der Waals surface area (Å²) in [7, 11) is 1.85. The normalized spacial score (nSPS) is 13.6. The summed E-state index contributed by atoms with van der Waals surface area (Å²) in [6.45, 7) is -0.485. The molecule has 3 rings (SSSR count). The lowest BCUT2D eigenvalue weighted by Gasteiger charge is -2.31. The van der Waals surface area contributed by atoms with E-state index in [0.29, 0.717) is 21.7 Å². The van der Waals surface area contributed by atoms with Crippen LogP contribution in [0.4, 0.5) is 5.69 Å². The van der Waals surface area contributed by atoms with Crippen LogP contribution in [-0.2, 0) is 14.3 Å². The van der Waals surface area contributed by atoms with Gasteiger partial charge in [-0.25, -0.2) is 4.79 Å². The molecule has 1 saturated carbocycles. The highest BCUT2D eigenvalue weighted by atomic mass is 32.2. The van der Waals surface area contributed by atoms with Crippen LogP contribution in [0.1, 0.15) is 48.0 Å². The first-order valence-electron chi connectivity index (χ1n) is 10.9. The van der Waals surface area contributed by atoms with Crippen molar-refractivity contribution in [3.63, 3.8) is 0 Å². The van der Waals surface area contributed by atoms with E-state index in [-0.39, 0.29) is 17.7 Å². The molecular weight excluding hydrogens is 438 g/mol. The number of hydrogen-bond acceptors (Lipinski definition) is 6. The monoisotopic (exact) mass is 465 g/mol. The molecule has 0 radical (unpaired) electrons. The highest BCUT2D eigenvalue weighted by Gasteiger charge is 2.23. The van der Waals surface area contributed by atoms with E-state index in [1.807, 2.05) is 18.0 Å². The molecule has 2 amide bonds. The summed E-state index contributed by atoms with van der Waals surface area (Å²) in [5, 5.41) is 11.7. The van der Waals surface area contributed by atoms with Crippen LogP contribution in [0.2, 0.25) is 0 Å². The molecule has 0 spiro atoms. The Bertz CT molecular complexity index is 1040. The predicted octanol–water partition coefficient (Wildman–Crippen LogP) is 4.24. The Morgan fingerprint density at radius 3 is 2.55 bits per heavy atom. The molecule has 0 atom stereocenters. The standard InChI is InChI=1S/C25H27N3O4S/c1-28(19-10-3-2-4-11-19)24(30)17-33-22-14-8-6-12-20(22)25(31)32-16-23(29)27-21-13-7-5-9-18(21)15-26/h5-9,12-14,19H,2-4,10-11,16-17H2,1H3,(H,27,29). The van der Waals surface area contributed by atoms with E-state index in [4.69, 9.17) is 10.00 Å². The van der Waals surface area contributed by atoms with Gasteiger partial charge in [0.2, 0.25) is 5.91 Å². The molecule has 1 N–H and O–H groups in total. The van der Waals surface area contributed by atoms with Gasteiger partial charge in [-0.05, 0) is 37.1 Å². The van der Waals surface area contributed by atoms with Crippen molar-refractivity contribution in [3.8, 4) is 6.07 Å². The Labute approximate surface area is 198 Å². The summed E-state index contributed by atoms with van der Waals surface area (Å²) >= 11 is 1.29. The number of carbonyl (C=O) groups is 3. The molecule has 0 aromatic heterocycles. The first-order valence-corrected chi connectivity index (χ1v) is 11.9. The number of anilines is 1. The van der Waals surface area contributed by atoms with E-state index in [2.05, 4.69) is 5.32 Å². The molecular formula is C25H27N3O4S. The number of nitrogens with zero attached hydrogens (tertiary/aromatic N) is 2. The first kappa shape index (κ1) is 24.3. The number of esters is 1. The number of rotatable bonds is 8. The van der Waals surface area contributed by atoms with Crippen LogP contribution < -0.4 is 5.32 Å². The molecule has 1 aliphatic rings. The second kappa shape index (κ2) is 12.1. The lowest BCUT2D eigenvalue weighted by Crippen LogP contribution is -2.39. The maximum absolute atomic E-state index is 12.7. The van der Waals surface area contributed by atoms with Crippen LogP contribution in [0.15, 0.2) is 53.4 Å². The van der Waals surface area contributed by atoms with Gasteiger partial charge in [0, 0.05) is 18.0 Å².